The maximum Gasteiger partial charge on any atom is 0.258 e. The summed E-state index contributed by atoms with van der Waals surface area (Å²) >= 11 is 0. The van der Waals surface area contributed by atoms with Gasteiger partial charge < -0.3 is 14.8 Å². The summed E-state index contributed by atoms with van der Waals surface area (Å²) in [5, 5.41) is 3.19. The lowest BCUT2D eigenvalue weighted by molar-refractivity contribution is -0.127. The van der Waals surface area contributed by atoms with E-state index in [-0.39, 0.29) is 24.0 Å². The molecular weight excluding hydrogens is 342 g/mol. The molecule has 27 heavy (non-hydrogen) atoms. The first-order chi connectivity index (χ1) is 13.0. The van der Waals surface area contributed by atoms with Crippen molar-refractivity contribution < 1.29 is 19.1 Å². The predicted molar refractivity (Wildman–Crippen MR) is 102 cm³/mol. The molecule has 1 amide bonds. The highest BCUT2D eigenvalue weighted by Crippen LogP contribution is 2.61. The van der Waals surface area contributed by atoms with E-state index in [1.54, 1.807) is 25.3 Å². The quantitative estimate of drug-likeness (QED) is 0.744. The zero-order valence-electron chi connectivity index (χ0n) is 16.2. The van der Waals surface area contributed by atoms with Crippen LogP contribution in [-0.2, 0) is 4.79 Å². The Bertz CT molecular complexity index is 694. The molecule has 4 aliphatic rings. The molecule has 4 aliphatic carbocycles. The monoisotopic (exact) mass is 371 g/mol. The zero-order valence-corrected chi connectivity index (χ0v) is 16.2. The third-order valence-corrected chi connectivity index (χ3v) is 7.08. The number of carbonyl (C=O) groups is 2. The summed E-state index contributed by atoms with van der Waals surface area (Å²) in [6, 6.07) is 5.16. The van der Waals surface area contributed by atoms with Gasteiger partial charge in [0.15, 0.2) is 12.9 Å². The van der Waals surface area contributed by atoms with Crippen LogP contribution in [0.2, 0.25) is 0 Å². The molecule has 0 unspecified atom stereocenters. The summed E-state index contributed by atoms with van der Waals surface area (Å²) < 4.78 is 10.7. The average Bonchev–Trinajstić information content (AvgIpc) is 2.65. The first-order valence-electron chi connectivity index (χ1n) is 10.1. The number of aldehydes is 1. The van der Waals surface area contributed by atoms with Crippen LogP contribution in [0.25, 0.3) is 0 Å². The number of benzene rings is 1. The number of amides is 1. The molecule has 0 spiro atoms. The molecule has 4 saturated carbocycles. The van der Waals surface area contributed by atoms with Crippen molar-refractivity contribution >= 4 is 12.2 Å². The van der Waals surface area contributed by atoms with Gasteiger partial charge in [-0.05, 0) is 86.8 Å². The topological polar surface area (TPSA) is 64.6 Å². The van der Waals surface area contributed by atoms with Crippen LogP contribution in [0.5, 0.6) is 11.5 Å². The zero-order chi connectivity index (χ0) is 19.0. The van der Waals surface area contributed by atoms with Gasteiger partial charge in [-0.1, -0.05) is 0 Å². The Morgan fingerprint density at radius 3 is 2.41 bits per heavy atom. The predicted octanol–water partition coefficient (Wildman–Crippen LogP) is 3.61. The van der Waals surface area contributed by atoms with E-state index in [9.17, 15) is 9.59 Å². The van der Waals surface area contributed by atoms with Crippen molar-refractivity contribution in [3.8, 4) is 11.5 Å². The van der Waals surface area contributed by atoms with Gasteiger partial charge in [0.25, 0.3) is 5.91 Å². The Morgan fingerprint density at radius 2 is 1.85 bits per heavy atom. The van der Waals surface area contributed by atoms with Gasteiger partial charge in [-0.2, -0.15) is 0 Å². The van der Waals surface area contributed by atoms with Gasteiger partial charge in [-0.15, -0.1) is 0 Å². The summed E-state index contributed by atoms with van der Waals surface area (Å²) in [6.07, 6.45) is 8.69. The van der Waals surface area contributed by atoms with Gasteiger partial charge in [-0.3, -0.25) is 9.59 Å². The molecule has 0 aromatic heterocycles. The maximum atomic E-state index is 12.5. The molecule has 5 rings (SSSR count). The number of hydrogen-bond acceptors (Lipinski definition) is 4. The maximum absolute atomic E-state index is 12.5. The number of rotatable bonds is 7. The molecule has 0 heterocycles. The molecule has 146 valence electrons. The highest BCUT2D eigenvalue weighted by molar-refractivity contribution is 5.81. The highest BCUT2D eigenvalue weighted by Gasteiger charge is 2.53. The van der Waals surface area contributed by atoms with Crippen molar-refractivity contribution in [3.63, 3.8) is 0 Å². The largest absolute Gasteiger partial charge is 0.497 e. The second-order valence-electron chi connectivity index (χ2n) is 8.88. The van der Waals surface area contributed by atoms with Gasteiger partial charge in [0, 0.05) is 6.04 Å². The molecule has 1 aromatic rings. The Morgan fingerprint density at radius 1 is 1.22 bits per heavy atom. The first kappa shape index (κ1) is 18.3. The fourth-order valence-electron chi connectivity index (χ4n) is 6.16. The van der Waals surface area contributed by atoms with Gasteiger partial charge in [0.1, 0.15) is 11.5 Å². The summed E-state index contributed by atoms with van der Waals surface area (Å²) in [5.41, 5.74) is 0.662. The van der Waals surface area contributed by atoms with Crippen molar-refractivity contribution in [3.05, 3.63) is 23.8 Å². The molecule has 4 fully saturated rings. The van der Waals surface area contributed by atoms with Crippen LogP contribution >= 0.6 is 0 Å². The summed E-state index contributed by atoms with van der Waals surface area (Å²) in [7, 11) is 1.55. The van der Waals surface area contributed by atoms with Crippen LogP contribution in [0.3, 0.4) is 0 Å². The molecule has 4 bridgehead atoms. The van der Waals surface area contributed by atoms with E-state index >= 15 is 0 Å². The average molecular weight is 371 g/mol. The Hall–Kier alpha value is -2.04. The van der Waals surface area contributed by atoms with Crippen molar-refractivity contribution in [1.29, 1.82) is 0 Å². The molecule has 0 radical (unpaired) electrons. The van der Waals surface area contributed by atoms with Gasteiger partial charge >= 0.3 is 0 Å². The van der Waals surface area contributed by atoms with E-state index in [4.69, 9.17) is 9.47 Å². The van der Waals surface area contributed by atoms with Crippen LogP contribution in [0.4, 0.5) is 0 Å². The molecule has 1 atom stereocenters. The Labute approximate surface area is 160 Å². The highest BCUT2D eigenvalue weighted by atomic mass is 16.5. The minimum absolute atomic E-state index is 0.0795. The SMILES string of the molecule is COc1ccc(OCC(=O)N[C@@H](C)C23CC4CC(CC(C4)C2)C3)c(C=O)c1. The molecule has 5 nitrogen and oxygen atoms in total. The van der Waals surface area contributed by atoms with E-state index in [1.165, 1.54) is 38.5 Å². The third-order valence-electron chi connectivity index (χ3n) is 7.08. The number of hydrogen-bond donors (Lipinski definition) is 1. The van der Waals surface area contributed by atoms with Crippen LogP contribution in [-0.4, -0.2) is 32.0 Å². The lowest BCUT2D eigenvalue weighted by Crippen LogP contribution is -2.56. The molecule has 0 aliphatic heterocycles. The molecule has 5 heteroatoms. The lowest BCUT2D eigenvalue weighted by Gasteiger charge is -2.59. The standard InChI is InChI=1S/C22H29NO4/c1-14(22-9-15-5-16(10-22)7-17(6-15)11-22)23-21(25)13-27-20-4-3-19(26-2)8-18(20)12-24/h3-4,8,12,14-17H,5-7,9-11,13H2,1-2H3,(H,23,25)/t14-,15?,16?,17?,22?/m0/s1. The second-order valence-corrected chi connectivity index (χ2v) is 8.88. The van der Waals surface area contributed by atoms with Crippen LogP contribution in [0.1, 0.15) is 55.8 Å². The molecule has 1 N–H and O–H groups in total. The summed E-state index contributed by atoms with van der Waals surface area (Å²) in [5.74, 6) is 3.46. The molecular formula is C22H29NO4. The van der Waals surface area contributed by atoms with E-state index in [0.29, 0.717) is 23.3 Å². The lowest BCUT2D eigenvalue weighted by atomic mass is 9.48. The van der Waals surface area contributed by atoms with Gasteiger partial charge in [-0.25, -0.2) is 0 Å². The van der Waals surface area contributed by atoms with Gasteiger partial charge in [0.2, 0.25) is 0 Å². The normalized spacial score (nSPS) is 32.0. The summed E-state index contributed by atoms with van der Waals surface area (Å²) in [4.78, 5) is 23.7. The van der Waals surface area contributed by atoms with Crippen molar-refractivity contribution in [2.45, 2.75) is 51.5 Å². The van der Waals surface area contributed by atoms with Crippen molar-refractivity contribution in [2.24, 2.45) is 23.2 Å². The number of carbonyl (C=O) groups excluding carboxylic acids is 2. The number of nitrogens with one attached hydrogen (secondary N) is 1. The molecule has 0 saturated heterocycles. The van der Waals surface area contributed by atoms with E-state index < -0.39 is 0 Å². The Kier molecular flexibility index (Phi) is 4.87. The number of ether oxygens (including phenoxy) is 2. The fourth-order valence-corrected chi connectivity index (χ4v) is 6.16. The van der Waals surface area contributed by atoms with Gasteiger partial charge in [0.05, 0.1) is 12.7 Å². The van der Waals surface area contributed by atoms with Crippen LogP contribution in [0.15, 0.2) is 18.2 Å². The van der Waals surface area contributed by atoms with E-state index in [1.807, 2.05) is 0 Å². The van der Waals surface area contributed by atoms with Crippen molar-refractivity contribution in [2.75, 3.05) is 13.7 Å². The van der Waals surface area contributed by atoms with E-state index in [2.05, 4.69) is 12.2 Å². The second kappa shape index (κ2) is 7.17. The first-order valence-corrected chi connectivity index (χ1v) is 10.1. The van der Waals surface area contributed by atoms with Crippen LogP contribution in [0, 0.1) is 23.2 Å². The van der Waals surface area contributed by atoms with Crippen LogP contribution < -0.4 is 14.8 Å². The summed E-state index contributed by atoms with van der Waals surface area (Å²) in [6.45, 7) is 2.08. The van der Waals surface area contributed by atoms with E-state index in [0.717, 1.165) is 17.8 Å². The minimum atomic E-state index is -0.120. The minimum Gasteiger partial charge on any atom is -0.497 e. The fraction of sp³-hybridized carbons (Fsp3) is 0.636. The number of methoxy groups -OCH3 is 1. The Balaban J connectivity index is 1.35. The third kappa shape index (κ3) is 3.56. The smallest absolute Gasteiger partial charge is 0.258 e. The van der Waals surface area contributed by atoms with Crippen molar-refractivity contribution in [1.82, 2.24) is 5.32 Å². The molecule has 1 aromatic carbocycles.